The molecule has 0 aliphatic rings. The first kappa shape index (κ1) is 14.9. The van der Waals surface area contributed by atoms with E-state index in [4.69, 9.17) is 9.47 Å². The van der Waals surface area contributed by atoms with Crippen LogP contribution in [0.15, 0.2) is 35.7 Å². The highest BCUT2D eigenvalue weighted by atomic mass is 32.1. The molecule has 2 rings (SSSR count). The van der Waals surface area contributed by atoms with Gasteiger partial charge >= 0.3 is 0 Å². The molecular formula is C16H21NO2S. The zero-order chi connectivity index (χ0) is 14.4. The Morgan fingerprint density at radius 3 is 2.75 bits per heavy atom. The molecule has 1 unspecified atom stereocenters. The fraction of sp³-hybridized carbons (Fsp3) is 0.375. The van der Waals surface area contributed by atoms with Crippen LogP contribution in [0, 0.1) is 0 Å². The molecule has 1 aromatic heterocycles. The molecule has 1 aromatic carbocycles. The second kappa shape index (κ2) is 7.31. The number of thiophene rings is 1. The Morgan fingerprint density at radius 2 is 2.05 bits per heavy atom. The predicted molar refractivity (Wildman–Crippen MR) is 84.0 cm³/mol. The van der Waals surface area contributed by atoms with Gasteiger partial charge in [-0.1, -0.05) is 19.1 Å². The highest BCUT2D eigenvalue weighted by Crippen LogP contribution is 2.33. The van der Waals surface area contributed by atoms with Crippen LogP contribution in [0.3, 0.4) is 0 Å². The SMILES string of the molecule is CCNC(Cc1cccc(OC)c1)c1sccc1OC. The summed E-state index contributed by atoms with van der Waals surface area (Å²) in [4.78, 5) is 1.25. The average molecular weight is 291 g/mol. The first-order valence-corrected chi connectivity index (χ1v) is 7.64. The minimum atomic E-state index is 0.266. The minimum absolute atomic E-state index is 0.266. The van der Waals surface area contributed by atoms with Gasteiger partial charge in [0.15, 0.2) is 0 Å². The lowest BCUT2D eigenvalue weighted by atomic mass is 10.0. The topological polar surface area (TPSA) is 30.5 Å². The van der Waals surface area contributed by atoms with E-state index in [-0.39, 0.29) is 6.04 Å². The molecular weight excluding hydrogens is 270 g/mol. The van der Waals surface area contributed by atoms with Gasteiger partial charge in [0.05, 0.1) is 19.1 Å². The quantitative estimate of drug-likeness (QED) is 0.844. The predicted octanol–water partition coefficient (Wildman–Crippen LogP) is 3.66. The van der Waals surface area contributed by atoms with Gasteiger partial charge in [0.1, 0.15) is 11.5 Å². The second-order valence-electron chi connectivity index (χ2n) is 4.52. The lowest BCUT2D eigenvalue weighted by molar-refractivity contribution is 0.403. The molecule has 0 spiro atoms. The van der Waals surface area contributed by atoms with Crippen molar-refractivity contribution >= 4 is 11.3 Å². The van der Waals surface area contributed by atoms with Gasteiger partial charge in [-0.2, -0.15) is 0 Å². The third-order valence-corrected chi connectivity index (χ3v) is 4.23. The van der Waals surface area contributed by atoms with Gasteiger partial charge in [-0.25, -0.2) is 0 Å². The Balaban J connectivity index is 2.20. The lowest BCUT2D eigenvalue weighted by Crippen LogP contribution is -2.22. The maximum Gasteiger partial charge on any atom is 0.134 e. The Bertz CT molecular complexity index is 539. The largest absolute Gasteiger partial charge is 0.497 e. The third-order valence-electron chi connectivity index (χ3n) is 3.22. The molecule has 1 N–H and O–H groups in total. The van der Waals surface area contributed by atoms with Gasteiger partial charge in [-0.05, 0) is 42.1 Å². The highest BCUT2D eigenvalue weighted by Gasteiger charge is 2.17. The van der Waals surface area contributed by atoms with Gasteiger partial charge in [-0.15, -0.1) is 11.3 Å². The van der Waals surface area contributed by atoms with Gasteiger partial charge in [-0.3, -0.25) is 0 Å². The minimum Gasteiger partial charge on any atom is -0.497 e. The average Bonchev–Trinajstić information content (AvgIpc) is 2.95. The molecule has 108 valence electrons. The third kappa shape index (κ3) is 3.52. The highest BCUT2D eigenvalue weighted by molar-refractivity contribution is 7.10. The molecule has 0 radical (unpaired) electrons. The second-order valence-corrected chi connectivity index (χ2v) is 5.47. The summed E-state index contributed by atoms with van der Waals surface area (Å²) in [6.45, 7) is 3.05. The Morgan fingerprint density at radius 1 is 1.20 bits per heavy atom. The standard InChI is InChI=1S/C16H21NO2S/c1-4-17-14(16-15(19-3)8-9-20-16)11-12-6-5-7-13(10-12)18-2/h5-10,14,17H,4,11H2,1-3H3. The summed E-state index contributed by atoms with van der Waals surface area (Å²) in [6.07, 6.45) is 0.919. The van der Waals surface area contributed by atoms with Crippen LogP contribution in [0.1, 0.15) is 23.4 Å². The number of benzene rings is 1. The summed E-state index contributed by atoms with van der Waals surface area (Å²) in [5.74, 6) is 1.86. The van der Waals surface area contributed by atoms with Crippen molar-refractivity contribution in [3.63, 3.8) is 0 Å². The van der Waals surface area contributed by atoms with Crippen LogP contribution in [-0.4, -0.2) is 20.8 Å². The molecule has 20 heavy (non-hydrogen) atoms. The zero-order valence-electron chi connectivity index (χ0n) is 12.2. The Kier molecular flexibility index (Phi) is 5.44. The number of ether oxygens (including phenoxy) is 2. The van der Waals surface area contributed by atoms with E-state index in [0.29, 0.717) is 0 Å². The fourth-order valence-electron chi connectivity index (χ4n) is 2.27. The van der Waals surface area contributed by atoms with E-state index in [1.165, 1.54) is 10.4 Å². The van der Waals surface area contributed by atoms with E-state index in [1.54, 1.807) is 25.6 Å². The Hall–Kier alpha value is -1.52. The van der Waals surface area contributed by atoms with Gasteiger partial charge in [0.25, 0.3) is 0 Å². The van der Waals surface area contributed by atoms with Crippen molar-refractivity contribution in [2.45, 2.75) is 19.4 Å². The zero-order valence-corrected chi connectivity index (χ0v) is 13.0. The number of methoxy groups -OCH3 is 2. The van der Waals surface area contributed by atoms with E-state index >= 15 is 0 Å². The summed E-state index contributed by atoms with van der Waals surface area (Å²) in [5.41, 5.74) is 1.26. The summed E-state index contributed by atoms with van der Waals surface area (Å²) in [5, 5.41) is 5.61. The van der Waals surface area contributed by atoms with Crippen molar-refractivity contribution in [2.75, 3.05) is 20.8 Å². The van der Waals surface area contributed by atoms with Gasteiger partial charge < -0.3 is 14.8 Å². The Labute approximate surface area is 124 Å². The summed E-state index contributed by atoms with van der Waals surface area (Å²) >= 11 is 1.73. The van der Waals surface area contributed by atoms with Crippen LogP contribution in [0.2, 0.25) is 0 Å². The molecule has 2 aromatic rings. The fourth-order valence-corrected chi connectivity index (χ4v) is 3.21. The molecule has 0 aliphatic carbocycles. The van der Waals surface area contributed by atoms with E-state index in [0.717, 1.165) is 24.5 Å². The van der Waals surface area contributed by atoms with Crippen LogP contribution in [0.25, 0.3) is 0 Å². The molecule has 0 amide bonds. The molecule has 4 heteroatoms. The maximum atomic E-state index is 5.44. The first-order chi connectivity index (χ1) is 9.78. The molecule has 0 saturated heterocycles. The molecule has 0 fully saturated rings. The molecule has 0 bridgehead atoms. The van der Waals surface area contributed by atoms with Crippen molar-refractivity contribution in [2.24, 2.45) is 0 Å². The molecule has 0 saturated carbocycles. The van der Waals surface area contributed by atoms with Crippen LogP contribution in [-0.2, 0) is 6.42 Å². The van der Waals surface area contributed by atoms with Crippen molar-refractivity contribution in [1.29, 1.82) is 0 Å². The molecule has 0 aliphatic heterocycles. The van der Waals surface area contributed by atoms with E-state index in [2.05, 4.69) is 29.8 Å². The number of rotatable bonds is 7. The molecule has 3 nitrogen and oxygen atoms in total. The number of likely N-dealkylation sites (N-methyl/N-ethyl adjacent to an activating group) is 1. The molecule has 1 heterocycles. The van der Waals surface area contributed by atoms with E-state index < -0.39 is 0 Å². The first-order valence-electron chi connectivity index (χ1n) is 6.76. The normalized spacial score (nSPS) is 12.2. The van der Waals surface area contributed by atoms with Crippen LogP contribution >= 0.6 is 11.3 Å². The summed E-state index contributed by atoms with van der Waals surface area (Å²) in [7, 11) is 3.42. The van der Waals surface area contributed by atoms with Crippen LogP contribution < -0.4 is 14.8 Å². The lowest BCUT2D eigenvalue weighted by Gasteiger charge is -2.18. The maximum absolute atomic E-state index is 5.44. The van der Waals surface area contributed by atoms with Crippen molar-refractivity contribution in [3.8, 4) is 11.5 Å². The van der Waals surface area contributed by atoms with E-state index in [1.807, 2.05) is 18.2 Å². The number of hydrogen-bond donors (Lipinski definition) is 1. The van der Waals surface area contributed by atoms with Crippen molar-refractivity contribution < 1.29 is 9.47 Å². The van der Waals surface area contributed by atoms with Crippen molar-refractivity contribution in [3.05, 3.63) is 46.2 Å². The van der Waals surface area contributed by atoms with Crippen LogP contribution in [0.5, 0.6) is 11.5 Å². The molecule has 1 atom stereocenters. The smallest absolute Gasteiger partial charge is 0.134 e. The van der Waals surface area contributed by atoms with Gasteiger partial charge in [0.2, 0.25) is 0 Å². The van der Waals surface area contributed by atoms with Crippen molar-refractivity contribution in [1.82, 2.24) is 5.32 Å². The van der Waals surface area contributed by atoms with E-state index in [9.17, 15) is 0 Å². The summed E-state index contributed by atoms with van der Waals surface area (Å²) < 4.78 is 10.7. The summed E-state index contributed by atoms with van der Waals surface area (Å²) in [6, 6.07) is 10.5. The van der Waals surface area contributed by atoms with Gasteiger partial charge in [0, 0.05) is 6.04 Å². The number of hydrogen-bond acceptors (Lipinski definition) is 4. The monoisotopic (exact) mass is 291 g/mol. The van der Waals surface area contributed by atoms with Crippen LogP contribution in [0.4, 0.5) is 0 Å². The number of nitrogens with one attached hydrogen (secondary N) is 1.